The standard InChI is InChI=1S/C25H20ClN3O2/c1-31-22-11-9-19(10-12-22)28-21-14-18(15-27-16-21)17-5-4-6-20(13-17)29-25(30)23-7-2-3-8-24(23)26/h2-16,28H,1H3,(H,29,30). The molecule has 4 aromatic rings. The quantitative estimate of drug-likeness (QED) is 0.372. The fourth-order valence-electron chi connectivity index (χ4n) is 3.13. The Kier molecular flexibility index (Phi) is 6.15. The van der Waals surface area contributed by atoms with Crippen LogP contribution in [0, 0.1) is 0 Å². The van der Waals surface area contributed by atoms with E-state index in [1.807, 2.05) is 54.6 Å². The van der Waals surface area contributed by atoms with Gasteiger partial charge in [0.05, 0.1) is 29.6 Å². The van der Waals surface area contributed by atoms with Gasteiger partial charge >= 0.3 is 0 Å². The van der Waals surface area contributed by atoms with Gasteiger partial charge in [-0.2, -0.15) is 0 Å². The van der Waals surface area contributed by atoms with Crippen LogP contribution in [0.15, 0.2) is 91.3 Å². The SMILES string of the molecule is COc1ccc(Nc2cncc(-c3cccc(NC(=O)c4ccccc4Cl)c3)c2)cc1. The lowest BCUT2D eigenvalue weighted by Gasteiger charge is -2.11. The van der Waals surface area contributed by atoms with Crippen molar-refractivity contribution in [2.24, 2.45) is 0 Å². The van der Waals surface area contributed by atoms with Crippen LogP contribution in [0.2, 0.25) is 5.02 Å². The first-order valence-electron chi connectivity index (χ1n) is 9.65. The predicted molar refractivity (Wildman–Crippen MR) is 125 cm³/mol. The molecule has 1 aromatic heterocycles. The maximum atomic E-state index is 12.6. The largest absolute Gasteiger partial charge is 0.497 e. The molecule has 0 saturated carbocycles. The highest BCUT2D eigenvalue weighted by Gasteiger charge is 2.10. The minimum absolute atomic E-state index is 0.254. The maximum Gasteiger partial charge on any atom is 0.257 e. The van der Waals surface area contributed by atoms with E-state index in [1.54, 1.807) is 43.8 Å². The van der Waals surface area contributed by atoms with Crippen molar-refractivity contribution in [3.05, 3.63) is 102 Å². The van der Waals surface area contributed by atoms with Crippen LogP contribution < -0.4 is 15.4 Å². The lowest BCUT2D eigenvalue weighted by Crippen LogP contribution is -2.12. The number of benzene rings is 3. The van der Waals surface area contributed by atoms with Gasteiger partial charge in [-0.25, -0.2) is 0 Å². The Hall–Kier alpha value is -3.83. The van der Waals surface area contributed by atoms with Gasteiger partial charge in [0.15, 0.2) is 0 Å². The van der Waals surface area contributed by atoms with Crippen molar-refractivity contribution in [3.63, 3.8) is 0 Å². The van der Waals surface area contributed by atoms with Crippen LogP contribution in [0.25, 0.3) is 11.1 Å². The second-order valence-electron chi connectivity index (χ2n) is 6.83. The maximum absolute atomic E-state index is 12.6. The average Bonchev–Trinajstić information content (AvgIpc) is 2.80. The third-order valence-corrected chi connectivity index (χ3v) is 5.02. The molecule has 3 aromatic carbocycles. The first-order valence-corrected chi connectivity index (χ1v) is 10.0. The summed E-state index contributed by atoms with van der Waals surface area (Å²) >= 11 is 6.13. The number of hydrogen-bond donors (Lipinski definition) is 2. The van der Waals surface area contributed by atoms with Crippen molar-refractivity contribution in [3.8, 4) is 16.9 Å². The minimum Gasteiger partial charge on any atom is -0.497 e. The third kappa shape index (κ3) is 5.02. The summed E-state index contributed by atoms with van der Waals surface area (Å²) in [5.41, 5.74) is 4.75. The number of anilines is 3. The van der Waals surface area contributed by atoms with Crippen molar-refractivity contribution in [2.75, 3.05) is 17.7 Å². The predicted octanol–water partition coefficient (Wildman–Crippen LogP) is 6.41. The third-order valence-electron chi connectivity index (χ3n) is 4.69. The van der Waals surface area contributed by atoms with Gasteiger partial charge in [0, 0.05) is 23.1 Å². The molecule has 6 heteroatoms. The molecule has 154 valence electrons. The first kappa shape index (κ1) is 20.4. The molecule has 0 atom stereocenters. The van der Waals surface area contributed by atoms with Crippen LogP contribution in [0.5, 0.6) is 5.75 Å². The molecule has 4 rings (SSSR count). The van der Waals surface area contributed by atoms with Crippen molar-refractivity contribution in [2.45, 2.75) is 0 Å². The van der Waals surface area contributed by atoms with E-state index in [4.69, 9.17) is 16.3 Å². The average molecular weight is 430 g/mol. The smallest absolute Gasteiger partial charge is 0.257 e. The summed E-state index contributed by atoms with van der Waals surface area (Å²) in [5, 5.41) is 6.66. The molecule has 0 aliphatic carbocycles. The summed E-state index contributed by atoms with van der Waals surface area (Å²) in [4.78, 5) is 16.9. The summed E-state index contributed by atoms with van der Waals surface area (Å²) < 4.78 is 5.19. The highest BCUT2D eigenvalue weighted by molar-refractivity contribution is 6.34. The van der Waals surface area contributed by atoms with Crippen molar-refractivity contribution < 1.29 is 9.53 Å². The van der Waals surface area contributed by atoms with Crippen molar-refractivity contribution in [1.29, 1.82) is 0 Å². The van der Waals surface area contributed by atoms with E-state index in [0.717, 1.165) is 28.3 Å². The summed E-state index contributed by atoms with van der Waals surface area (Å²) in [5.74, 6) is 0.545. The molecular weight excluding hydrogens is 410 g/mol. The molecule has 0 unspecified atom stereocenters. The van der Waals surface area contributed by atoms with E-state index >= 15 is 0 Å². The summed E-state index contributed by atoms with van der Waals surface area (Å²) in [6.07, 6.45) is 3.55. The van der Waals surface area contributed by atoms with E-state index in [1.165, 1.54) is 0 Å². The fraction of sp³-hybridized carbons (Fsp3) is 0.0400. The molecular formula is C25H20ClN3O2. The molecule has 0 radical (unpaired) electrons. The highest BCUT2D eigenvalue weighted by Crippen LogP contribution is 2.27. The molecule has 31 heavy (non-hydrogen) atoms. The Labute approximate surface area is 185 Å². The van der Waals surface area contributed by atoms with Crippen molar-refractivity contribution in [1.82, 2.24) is 4.98 Å². The lowest BCUT2D eigenvalue weighted by atomic mass is 10.1. The van der Waals surface area contributed by atoms with Gasteiger partial charge in [-0.3, -0.25) is 9.78 Å². The number of halogens is 1. The topological polar surface area (TPSA) is 63.2 Å². The molecule has 0 fully saturated rings. The molecule has 0 aliphatic heterocycles. The number of aromatic nitrogens is 1. The molecule has 5 nitrogen and oxygen atoms in total. The van der Waals surface area contributed by atoms with Gasteiger partial charge in [-0.05, 0) is 60.2 Å². The molecule has 0 spiro atoms. The van der Waals surface area contributed by atoms with E-state index in [2.05, 4.69) is 15.6 Å². The first-order chi connectivity index (χ1) is 15.1. The number of carbonyl (C=O) groups excluding carboxylic acids is 1. The van der Waals surface area contributed by atoms with Gasteiger partial charge in [0.25, 0.3) is 5.91 Å². The van der Waals surface area contributed by atoms with Crippen LogP contribution >= 0.6 is 11.6 Å². The van der Waals surface area contributed by atoms with Gasteiger partial charge in [0.2, 0.25) is 0 Å². The Balaban J connectivity index is 1.53. The Morgan fingerprint density at radius 3 is 2.39 bits per heavy atom. The normalized spacial score (nSPS) is 10.4. The number of carbonyl (C=O) groups is 1. The number of methoxy groups -OCH3 is 1. The van der Waals surface area contributed by atoms with Gasteiger partial charge in [-0.1, -0.05) is 35.9 Å². The number of amides is 1. The fourth-order valence-corrected chi connectivity index (χ4v) is 3.35. The van der Waals surface area contributed by atoms with Gasteiger partial charge in [0.1, 0.15) is 5.75 Å². The molecule has 0 aliphatic rings. The number of hydrogen-bond acceptors (Lipinski definition) is 4. The second kappa shape index (κ2) is 9.32. The highest BCUT2D eigenvalue weighted by atomic mass is 35.5. The Morgan fingerprint density at radius 1 is 0.839 bits per heavy atom. The molecule has 0 bridgehead atoms. The van der Waals surface area contributed by atoms with Crippen LogP contribution in [0.1, 0.15) is 10.4 Å². The summed E-state index contributed by atoms with van der Waals surface area (Å²) in [6, 6.07) is 24.2. The van der Waals surface area contributed by atoms with Crippen LogP contribution in [-0.4, -0.2) is 18.0 Å². The van der Waals surface area contributed by atoms with Crippen molar-refractivity contribution >= 4 is 34.6 Å². The molecule has 2 N–H and O–H groups in total. The number of rotatable bonds is 6. The molecule has 1 amide bonds. The summed E-state index contributed by atoms with van der Waals surface area (Å²) in [6.45, 7) is 0. The second-order valence-corrected chi connectivity index (χ2v) is 7.24. The van der Waals surface area contributed by atoms with Crippen LogP contribution in [0.4, 0.5) is 17.1 Å². The minimum atomic E-state index is -0.254. The lowest BCUT2D eigenvalue weighted by molar-refractivity contribution is 0.102. The van der Waals surface area contributed by atoms with E-state index < -0.39 is 0 Å². The zero-order valence-electron chi connectivity index (χ0n) is 16.8. The zero-order chi connectivity index (χ0) is 21.6. The monoisotopic (exact) mass is 429 g/mol. The Bertz CT molecular complexity index is 1210. The summed E-state index contributed by atoms with van der Waals surface area (Å²) in [7, 11) is 1.64. The Morgan fingerprint density at radius 2 is 1.61 bits per heavy atom. The van der Waals surface area contributed by atoms with Gasteiger partial charge in [-0.15, -0.1) is 0 Å². The van der Waals surface area contributed by atoms with E-state index in [-0.39, 0.29) is 5.91 Å². The van der Waals surface area contributed by atoms with E-state index in [9.17, 15) is 4.79 Å². The van der Waals surface area contributed by atoms with Crippen LogP contribution in [0.3, 0.4) is 0 Å². The van der Waals surface area contributed by atoms with Gasteiger partial charge < -0.3 is 15.4 Å². The number of nitrogens with one attached hydrogen (secondary N) is 2. The zero-order valence-corrected chi connectivity index (χ0v) is 17.6. The number of nitrogens with zero attached hydrogens (tertiary/aromatic N) is 1. The van der Waals surface area contributed by atoms with Crippen LogP contribution in [-0.2, 0) is 0 Å². The van der Waals surface area contributed by atoms with E-state index in [0.29, 0.717) is 16.3 Å². The molecule has 1 heterocycles. The number of ether oxygens (including phenoxy) is 1. The number of pyridine rings is 1. The molecule has 0 saturated heterocycles.